The summed E-state index contributed by atoms with van der Waals surface area (Å²) in [6, 6.07) is 7.22. The summed E-state index contributed by atoms with van der Waals surface area (Å²) in [5.41, 5.74) is 4.76. The number of rotatable bonds is 8. The number of carboxylic acids is 1. The van der Waals surface area contributed by atoms with Crippen LogP contribution in [0, 0.1) is 56.7 Å². The highest BCUT2D eigenvalue weighted by Gasteiger charge is 2.70. The maximum atomic E-state index is 12.9. The summed E-state index contributed by atoms with van der Waals surface area (Å²) in [4.78, 5) is 36.3. The zero-order chi connectivity index (χ0) is 35.6. The van der Waals surface area contributed by atoms with Gasteiger partial charge in [-0.1, -0.05) is 65.0 Å². The van der Waals surface area contributed by atoms with Gasteiger partial charge in [-0.3, -0.25) is 4.79 Å². The van der Waals surface area contributed by atoms with E-state index >= 15 is 0 Å². The molecule has 4 fully saturated rings. The van der Waals surface area contributed by atoms with E-state index in [1.807, 2.05) is 12.1 Å². The van der Waals surface area contributed by atoms with Gasteiger partial charge in [0.05, 0.1) is 12.2 Å². The van der Waals surface area contributed by atoms with Crippen molar-refractivity contribution >= 4 is 23.5 Å². The highest BCUT2D eigenvalue weighted by molar-refractivity contribution is 5.88. The van der Waals surface area contributed by atoms with Gasteiger partial charge in [-0.15, -0.1) is 0 Å². The van der Waals surface area contributed by atoms with E-state index in [9.17, 15) is 19.5 Å². The average Bonchev–Trinajstić information content (AvgIpc) is 3.43. The Balaban J connectivity index is 1.27. The van der Waals surface area contributed by atoms with Gasteiger partial charge in [0, 0.05) is 6.54 Å². The average molecular weight is 673 g/mol. The molecule has 1 aromatic rings. The number of amides is 2. The summed E-state index contributed by atoms with van der Waals surface area (Å²) >= 11 is 0. The van der Waals surface area contributed by atoms with Crippen molar-refractivity contribution in [2.45, 2.75) is 106 Å². The lowest BCUT2D eigenvalue weighted by Crippen LogP contribution is -2.66. The molecule has 0 spiro atoms. The quantitative estimate of drug-likeness (QED) is 0.189. The zero-order valence-electron chi connectivity index (χ0n) is 31.0. The lowest BCUT2D eigenvalue weighted by Gasteiger charge is -2.72. The molecule has 7 nitrogen and oxygen atoms in total. The Kier molecular flexibility index (Phi) is 9.18. The number of aromatic carboxylic acids is 1. The van der Waals surface area contributed by atoms with Gasteiger partial charge in [0.15, 0.2) is 0 Å². The number of carbonyl (C=O) groups excluding carboxylic acids is 2. The van der Waals surface area contributed by atoms with E-state index in [0.717, 1.165) is 31.2 Å². The fourth-order valence-electron chi connectivity index (χ4n) is 13.2. The van der Waals surface area contributed by atoms with Gasteiger partial charge in [-0.2, -0.15) is 0 Å². The Morgan fingerprint density at radius 2 is 1.61 bits per heavy atom. The number of esters is 1. The van der Waals surface area contributed by atoms with Gasteiger partial charge in [-0.25, -0.2) is 9.59 Å². The molecule has 3 N–H and O–H groups in total. The number of carbonyl (C=O) groups is 3. The molecular weight excluding hydrogens is 612 g/mol. The third-order valence-corrected chi connectivity index (χ3v) is 15.6. The molecule has 9 atom stereocenters. The van der Waals surface area contributed by atoms with Crippen LogP contribution in [0.4, 0.5) is 4.79 Å². The monoisotopic (exact) mass is 672 g/mol. The molecule has 5 aliphatic carbocycles. The van der Waals surface area contributed by atoms with Gasteiger partial charge in [0.2, 0.25) is 0 Å². The van der Waals surface area contributed by atoms with E-state index in [0.29, 0.717) is 48.3 Å². The van der Waals surface area contributed by atoms with Crippen LogP contribution in [0.3, 0.4) is 0 Å². The van der Waals surface area contributed by atoms with Crippen LogP contribution in [-0.2, 0) is 9.53 Å². The number of hydrogen-bond acceptors (Lipinski definition) is 4. The first-order chi connectivity index (χ1) is 23.0. The third-order valence-electron chi connectivity index (χ3n) is 15.6. The van der Waals surface area contributed by atoms with Crippen molar-refractivity contribution in [1.82, 2.24) is 10.6 Å². The maximum absolute atomic E-state index is 12.9. The smallest absolute Gasteiger partial charge is 0.335 e. The van der Waals surface area contributed by atoms with Crippen LogP contribution in [0.25, 0.3) is 5.57 Å². The first-order valence-corrected chi connectivity index (χ1v) is 18.9. The van der Waals surface area contributed by atoms with Crippen molar-refractivity contribution in [2.75, 3.05) is 19.7 Å². The largest absolute Gasteiger partial charge is 0.478 e. The van der Waals surface area contributed by atoms with Crippen LogP contribution < -0.4 is 10.6 Å². The summed E-state index contributed by atoms with van der Waals surface area (Å²) in [6.45, 7) is 22.1. The third kappa shape index (κ3) is 5.56. The topological polar surface area (TPSA) is 105 Å². The van der Waals surface area contributed by atoms with Crippen LogP contribution in [-0.4, -0.2) is 42.8 Å². The maximum Gasteiger partial charge on any atom is 0.335 e. The molecule has 0 saturated heterocycles. The molecule has 49 heavy (non-hydrogen) atoms. The van der Waals surface area contributed by atoms with Gasteiger partial charge in [0.1, 0.15) is 6.54 Å². The van der Waals surface area contributed by atoms with Gasteiger partial charge < -0.3 is 20.5 Å². The second-order valence-corrected chi connectivity index (χ2v) is 17.8. The molecule has 0 heterocycles. The molecule has 7 heteroatoms. The molecule has 0 bridgehead atoms. The van der Waals surface area contributed by atoms with E-state index in [-0.39, 0.29) is 39.7 Å². The Morgan fingerprint density at radius 1 is 0.898 bits per heavy atom. The van der Waals surface area contributed by atoms with E-state index in [2.05, 4.69) is 64.8 Å². The van der Waals surface area contributed by atoms with E-state index < -0.39 is 11.9 Å². The minimum atomic E-state index is -0.883. The van der Waals surface area contributed by atoms with Crippen molar-refractivity contribution < 1.29 is 24.2 Å². The molecule has 0 aliphatic heterocycles. The standard InChI is InChI=1S/C42H60N2O5/c1-9-49-34(45)24-43-37(48)44-25-42-21-16-29(26(2)3)35(42)31-14-15-33-39(6)19-17-30(27-10-12-28(13-11-27)36(46)47)38(4,5)32(39)18-20-41(33,8)40(31,7)22-23-42/h10-13,17,29,31-33,35H,2,9,14-16,18-25H2,1,3-8H3,(H,46,47)(H2,43,44,48)/t29?,31-,32+,33-,35-,39+,40-,41-,42-/m1/s1. The van der Waals surface area contributed by atoms with E-state index in [4.69, 9.17) is 4.74 Å². The molecule has 6 rings (SSSR count). The van der Waals surface area contributed by atoms with Crippen LogP contribution in [0.2, 0.25) is 0 Å². The molecule has 0 aromatic heterocycles. The summed E-state index contributed by atoms with van der Waals surface area (Å²) in [6.07, 6.45) is 13.0. The SMILES string of the molecule is C=C(C)C1CC[C@]2(CNC(=O)NCC(=O)OCC)CC[C@]3(C)[C@H](CC[C@@H]4[C@@]5(C)CC=C(c6ccc(C(=O)O)cc6)C(C)(C)[C@@H]5CC[C@]43C)[C@@H]12. The van der Waals surface area contributed by atoms with Crippen LogP contribution >= 0.6 is 0 Å². The molecule has 4 saturated carbocycles. The number of ether oxygens (including phenoxy) is 1. The number of hydrogen-bond donors (Lipinski definition) is 3. The molecular formula is C42H60N2O5. The fraction of sp³-hybridized carbons (Fsp3) is 0.690. The number of fused-ring (bicyclic) bond motifs is 7. The second kappa shape index (κ2) is 12.6. The second-order valence-electron chi connectivity index (χ2n) is 17.8. The van der Waals surface area contributed by atoms with Crippen LogP contribution in [0.15, 0.2) is 42.5 Å². The Hall–Kier alpha value is -3.09. The predicted octanol–water partition coefficient (Wildman–Crippen LogP) is 8.90. The van der Waals surface area contributed by atoms with E-state index in [1.165, 1.54) is 43.3 Å². The first-order valence-electron chi connectivity index (χ1n) is 18.9. The summed E-state index contributed by atoms with van der Waals surface area (Å²) in [5.74, 6) is 1.40. The first kappa shape index (κ1) is 35.7. The highest BCUT2D eigenvalue weighted by atomic mass is 16.5. The number of urea groups is 1. The van der Waals surface area contributed by atoms with Crippen molar-refractivity contribution in [2.24, 2.45) is 56.7 Å². The number of benzene rings is 1. The molecule has 5 aliphatic rings. The molecule has 268 valence electrons. The minimum Gasteiger partial charge on any atom is -0.478 e. The normalized spacial score (nSPS) is 38.8. The molecule has 1 aromatic carbocycles. The highest BCUT2D eigenvalue weighted by Crippen LogP contribution is 2.77. The van der Waals surface area contributed by atoms with Crippen LogP contribution in [0.1, 0.15) is 122 Å². The summed E-state index contributed by atoms with van der Waals surface area (Å²) < 4.78 is 4.99. The Labute approximate surface area is 294 Å². The zero-order valence-corrected chi connectivity index (χ0v) is 31.0. The van der Waals surface area contributed by atoms with Gasteiger partial charge >= 0.3 is 18.0 Å². The fourth-order valence-corrected chi connectivity index (χ4v) is 13.2. The summed E-state index contributed by atoms with van der Waals surface area (Å²) in [7, 11) is 0. The van der Waals surface area contributed by atoms with E-state index in [1.54, 1.807) is 19.1 Å². The lowest BCUT2D eigenvalue weighted by atomic mass is 9.32. The van der Waals surface area contributed by atoms with Crippen molar-refractivity contribution in [1.29, 1.82) is 0 Å². The molecule has 0 radical (unpaired) electrons. The van der Waals surface area contributed by atoms with Gasteiger partial charge in [-0.05, 0) is 152 Å². The predicted molar refractivity (Wildman–Crippen MR) is 194 cm³/mol. The Bertz CT molecular complexity index is 1530. The van der Waals surface area contributed by atoms with Crippen molar-refractivity contribution in [3.63, 3.8) is 0 Å². The van der Waals surface area contributed by atoms with Gasteiger partial charge in [0.25, 0.3) is 0 Å². The Morgan fingerprint density at radius 3 is 2.27 bits per heavy atom. The number of nitrogens with one attached hydrogen (secondary N) is 2. The van der Waals surface area contributed by atoms with Crippen LogP contribution in [0.5, 0.6) is 0 Å². The van der Waals surface area contributed by atoms with Crippen molar-refractivity contribution in [3.05, 3.63) is 53.6 Å². The lowest BCUT2D eigenvalue weighted by molar-refractivity contribution is -0.224. The molecule has 1 unspecified atom stereocenters. The number of allylic oxidation sites excluding steroid dienone is 3. The van der Waals surface area contributed by atoms with Crippen molar-refractivity contribution in [3.8, 4) is 0 Å². The number of carboxylic acid groups (broad SMARTS) is 1. The minimum absolute atomic E-state index is 0.0193. The molecule has 2 amide bonds. The summed E-state index contributed by atoms with van der Waals surface area (Å²) in [5, 5.41) is 15.4.